The van der Waals surface area contributed by atoms with Crippen molar-refractivity contribution in [2.75, 3.05) is 20.3 Å². The molecule has 0 amide bonds. The number of hydrogen-bond acceptors (Lipinski definition) is 6. The highest BCUT2D eigenvalue weighted by molar-refractivity contribution is 7.89. The first-order chi connectivity index (χ1) is 9.40. The highest BCUT2D eigenvalue weighted by Gasteiger charge is 2.17. The third-order valence-electron chi connectivity index (χ3n) is 2.28. The van der Waals surface area contributed by atoms with E-state index in [0.29, 0.717) is 0 Å². The molecule has 1 aromatic carbocycles. The number of benzene rings is 1. The van der Waals surface area contributed by atoms with Crippen molar-refractivity contribution in [2.45, 2.75) is 11.8 Å². The van der Waals surface area contributed by atoms with Crippen LogP contribution in [0.15, 0.2) is 29.2 Å². The second-order valence-electron chi connectivity index (χ2n) is 3.65. The Morgan fingerprint density at radius 1 is 1.30 bits per heavy atom. The van der Waals surface area contributed by atoms with Gasteiger partial charge in [-0.25, -0.2) is 13.2 Å². The summed E-state index contributed by atoms with van der Waals surface area (Å²) in [4.78, 5) is 22.3. The van der Waals surface area contributed by atoms with Crippen LogP contribution in [0.25, 0.3) is 0 Å². The molecule has 0 saturated carbocycles. The quantitative estimate of drug-likeness (QED) is 0.759. The summed E-state index contributed by atoms with van der Waals surface area (Å²) in [5, 5.41) is 0. The molecule has 7 nitrogen and oxygen atoms in total. The standard InChI is InChI=1S/C12H15NO6S/c1-3-19-11(14)8-13-20(16,17)10-6-4-5-9(7-10)12(15)18-2/h4-7,13H,3,8H2,1-2H3. The Labute approximate surface area is 116 Å². The van der Waals surface area contributed by atoms with Gasteiger partial charge in [-0.2, -0.15) is 4.72 Å². The Morgan fingerprint density at radius 3 is 2.60 bits per heavy atom. The van der Waals surface area contributed by atoms with Crippen LogP contribution in [-0.2, 0) is 24.3 Å². The van der Waals surface area contributed by atoms with Gasteiger partial charge in [-0.3, -0.25) is 4.79 Å². The summed E-state index contributed by atoms with van der Waals surface area (Å²) in [6, 6.07) is 5.31. The van der Waals surface area contributed by atoms with E-state index >= 15 is 0 Å². The van der Waals surface area contributed by atoms with Gasteiger partial charge in [-0.1, -0.05) is 6.07 Å². The highest BCUT2D eigenvalue weighted by Crippen LogP contribution is 2.12. The van der Waals surface area contributed by atoms with Crippen molar-refractivity contribution < 1.29 is 27.5 Å². The number of carbonyl (C=O) groups is 2. The molecule has 0 bridgehead atoms. The monoisotopic (exact) mass is 301 g/mol. The molecule has 0 fully saturated rings. The van der Waals surface area contributed by atoms with Crippen molar-refractivity contribution >= 4 is 22.0 Å². The summed E-state index contributed by atoms with van der Waals surface area (Å²) in [7, 11) is -2.70. The van der Waals surface area contributed by atoms with Crippen molar-refractivity contribution in [3.8, 4) is 0 Å². The molecule has 0 saturated heterocycles. The molecular formula is C12H15NO6S. The smallest absolute Gasteiger partial charge is 0.337 e. The number of ether oxygens (including phenoxy) is 2. The lowest BCUT2D eigenvalue weighted by Crippen LogP contribution is -2.30. The highest BCUT2D eigenvalue weighted by atomic mass is 32.2. The fraction of sp³-hybridized carbons (Fsp3) is 0.333. The lowest BCUT2D eigenvalue weighted by atomic mass is 10.2. The predicted octanol–water partition coefficient (Wildman–Crippen LogP) is 0.315. The van der Waals surface area contributed by atoms with Crippen LogP contribution in [-0.4, -0.2) is 40.6 Å². The van der Waals surface area contributed by atoms with Crippen molar-refractivity contribution in [2.24, 2.45) is 0 Å². The molecular weight excluding hydrogens is 286 g/mol. The lowest BCUT2D eigenvalue weighted by Gasteiger charge is -2.07. The molecule has 0 atom stereocenters. The molecule has 0 heterocycles. The first-order valence-corrected chi connectivity index (χ1v) is 7.22. The molecule has 0 aliphatic heterocycles. The Hall–Kier alpha value is -1.93. The molecule has 1 N–H and O–H groups in total. The molecule has 110 valence electrons. The molecule has 0 unspecified atom stereocenters. The average Bonchev–Trinajstić information content (AvgIpc) is 2.45. The molecule has 0 aliphatic rings. The van der Waals surface area contributed by atoms with E-state index in [1.165, 1.54) is 31.4 Å². The molecule has 1 aromatic rings. The van der Waals surface area contributed by atoms with Gasteiger partial charge in [0.05, 0.1) is 24.2 Å². The molecule has 0 aromatic heterocycles. The summed E-state index contributed by atoms with van der Waals surface area (Å²) in [5.41, 5.74) is 0.103. The van der Waals surface area contributed by atoms with E-state index in [-0.39, 0.29) is 17.1 Å². The molecule has 1 rings (SSSR count). The topological polar surface area (TPSA) is 98.8 Å². The first-order valence-electron chi connectivity index (χ1n) is 5.74. The van der Waals surface area contributed by atoms with Crippen molar-refractivity contribution in [1.82, 2.24) is 4.72 Å². The number of rotatable bonds is 6. The zero-order valence-corrected chi connectivity index (χ0v) is 11.9. The number of nitrogens with one attached hydrogen (secondary N) is 1. The minimum absolute atomic E-state index is 0.103. The van der Waals surface area contributed by atoms with Crippen LogP contribution in [0.4, 0.5) is 0 Å². The van der Waals surface area contributed by atoms with Crippen molar-refractivity contribution in [3.05, 3.63) is 29.8 Å². The van der Waals surface area contributed by atoms with Crippen LogP contribution >= 0.6 is 0 Å². The maximum Gasteiger partial charge on any atom is 0.337 e. The summed E-state index contributed by atoms with van der Waals surface area (Å²) in [5.74, 6) is -1.33. The minimum atomic E-state index is -3.90. The average molecular weight is 301 g/mol. The van der Waals surface area contributed by atoms with E-state index in [4.69, 9.17) is 0 Å². The number of carbonyl (C=O) groups excluding carboxylic acids is 2. The lowest BCUT2D eigenvalue weighted by molar-refractivity contribution is -0.141. The SMILES string of the molecule is CCOC(=O)CNS(=O)(=O)c1cccc(C(=O)OC)c1. The van der Waals surface area contributed by atoms with Crippen molar-refractivity contribution in [1.29, 1.82) is 0 Å². The summed E-state index contributed by atoms with van der Waals surface area (Å²) >= 11 is 0. The van der Waals surface area contributed by atoms with Gasteiger partial charge in [0.25, 0.3) is 0 Å². The predicted molar refractivity (Wildman–Crippen MR) is 69.6 cm³/mol. The molecule has 0 radical (unpaired) electrons. The fourth-order valence-corrected chi connectivity index (χ4v) is 2.37. The van der Waals surface area contributed by atoms with Crippen LogP contribution in [0.2, 0.25) is 0 Å². The largest absolute Gasteiger partial charge is 0.465 e. The number of hydrogen-bond donors (Lipinski definition) is 1. The van der Waals surface area contributed by atoms with E-state index < -0.39 is 28.5 Å². The Balaban J connectivity index is 2.87. The summed E-state index contributed by atoms with van der Waals surface area (Å²) < 4.78 is 35.1. The molecule has 20 heavy (non-hydrogen) atoms. The van der Waals surface area contributed by atoms with Crippen LogP contribution in [0.3, 0.4) is 0 Å². The van der Waals surface area contributed by atoms with E-state index in [1.54, 1.807) is 6.92 Å². The van der Waals surface area contributed by atoms with Gasteiger partial charge in [0.2, 0.25) is 10.0 Å². The van der Waals surface area contributed by atoms with Gasteiger partial charge in [0.15, 0.2) is 0 Å². The Bertz CT molecular complexity index is 596. The van der Waals surface area contributed by atoms with Crippen LogP contribution in [0.1, 0.15) is 17.3 Å². The zero-order chi connectivity index (χ0) is 15.2. The maximum atomic E-state index is 11.9. The first kappa shape index (κ1) is 16.1. The van der Waals surface area contributed by atoms with Crippen LogP contribution in [0, 0.1) is 0 Å². The number of esters is 2. The number of sulfonamides is 1. The third-order valence-corrected chi connectivity index (χ3v) is 3.68. The van der Waals surface area contributed by atoms with E-state index in [0.717, 1.165) is 0 Å². The number of methoxy groups -OCH3 is 1. The minimum Gasteiger partial charge on any atom is -0.465 e. The van der Waals surface area contributed by atoms with Gasteiger partial charge in [-0.15, -0.1) is 0 Å². The zero-order valence-electron chi connectivity index (χ0n) is 11.1. The summed E-state index contributed by atoms with van der Waals surface area (Å²) in [6.07, 6.45) is 0. The fourth-order valence-electron chi connectivity index (χ4n) is 1.36. The summed E-state index contributed by atoms with van der Waals surface area (Å²) in [6.45, 7) is 1.31. The Kier molecular flexibility index (Phi) is 5.66. The van der Waals surface area contributed by atoms with Gasteiger partial charge < -0.3 is 9.47 Å². The Morgan fingerprint density at radius 2 is 2.00 bits per heavy atom. The van der Waals surface area contributed by atoms with Gasteiger partial charge >= 0.3 is 11.9 Å². The van der Waals surface area contributed by atoms with Gasteiger partial charge in [0.1, 0.15) is 6.54 Å². The molecule has 0 spiro atoms. The van der Waals surface area contributed by atoms with E-state index in [1.807, 2.05) is 0 Å². The van der Waals surface area contributed by atoms with Gasteiger partial charge in [-0.05, 0) is 25.1 Å². The molecule has 8 heteroatoms. The van der Waals surface area contributed by atoms with E-state index in [2.05, 4.69) is 14.2 Å². The second-order valence-corrected chi connectivity index (χ2v) is 5.42. The van der Waals surface area contributed by atoms with Crippen LogP contribution in [0.5, 0.6) is 0 Å². The van der Waals surface area contributed by atoms with E-state index in [9.17, 15) is 18.0 Å². The third kappa shape index (κ3) is 4.32. The van der Waals surface area contributed by atoms with Crippen LogP contribution < -0.4 is 4.72 Å². The van der Waals surface area contributed by atoms with Crippen molar-refractivity contribution in [3.63, 3.8) is 0 Å². The normalized spacial score (nSPS) is 10.9. The maximum absolute atomic E-state index is 11.9. The second kappa shape index (κ2) is 7.01. The molecule has 0 aliphatic carbocycles. The van der Waals surface area contributed by atoms with Gasteiger partial charge in [0, 0.05) is 0 Å².